The van der Waals surface area contributed by atoms with Crippen molar-refractivity contribution < 1.29 is 23.1 Å². The zero-order valence-corrected chi connectivity index (χ0v) is 14.3. The van der Waals surface area contributed by atoms with Crippen molar-refractivity contribution in [3.8, 4) is 0 Å². The van der Waals surface area contributed by atoms with E-state index in [0.29, 0.717) is 5.56 Å². The molecule has 0 amide bonds. The summed E-state index contributed by atoms with van der Waals surface area (Å²) in [6.45, 7) is 1.23. The number of nitrogens with one attached hydrogen (secondary N) is 1. The van der Waals surface area contributed by atoms with E-state index in [4.69, 9.17) is 5.11 Å². The maximum atomic E-state index is 12.0. The summed E-state index contributed by atoms with van der Waals surface area (Å²) in [5.74, 6) is -1.53. The minimum Gasteiger partial charge on any atom is -0.480 e. The normalized spacial score (nSPS) is 13.0. The first-order valence-corrected chi connectivity index (χ1v) is 9.32. The Morgan fingerprint density at radius 1 is 1.21 bits per heavy atom. The molecular formula is C16H15NO5S2. The molecule has 126 valence electrons. The lowest BCUT2D eigenvalue weighted by molar-refractivity contribution is -0.138. The lowest BCUT2D eigenvalue weighted by Crippen LogP contribution is -2.38. The second kappa shape index (κ2) is 7.52. The second-order valence-corrected chi connectivity index (χ2v) is 7.45. The van der Waals surface area contributed by atoms with E-state index in [0.717, 1.165) is 5.56 Å². The van der Waals surface area contributed by atoms with E-state index in [1.165, 1.54) is 48.6 Å². The Labute approximate surface area is 143 Å². The smallest absolute Gasteiger partial charge is 0.321 e. The Balaban J connectivity index is 2.12. The van der Waals surface area contributed by atoms with Crippen LogP contribution in [-0.4, -0.2) is 31.3 Å². The first-order chi connectivity index (χ1) is 11.3. The highest BCUT2D eigenvalue weighted by Crippen LogP contribution is 2.13. The summed E-state index contributed by atoms with van der Waals surface area (Å²) < 4.78 is 26.1. The maximum Gasteiger partial charge on any atom is 0.321 e. The summed E-state index contributed by atoms with van der Waals surface area (Å²) >= 11 is 1.52. The van der Waals surface area contributed by atoms with Crippen LogP contribution >= 0.6 is 11.3 Å². The van der Waals surface area contributed by atoms with Crippen LogP contribution in [0.25, 0.3) is 6.08 Å². The van der Waals surface area contributed by atoms with Crippen molar-refractivity contribution >= 4 is 39.2 Å². The molecule has 0 aliphatic carbocycles. The number of carboxylic acids is 1. The molecule has 1 atom stereocenters. The number of thiophene rings is 1. The van der Waals surface area contributed by atoms with E-state index in [-0.39, 0.29) is 10.7 Å². The lowest BCUT2D eigenvalue weighted by atomic mass is 10.1. The van der Waals surface area contributed by atoms with Gasteiger partial charge in [-0.15, -0.1) is 0 Å². The van der Waals surface area contributed by atoms with Gasteiger partial charge in [0, 0.05) is 5.56 Å². The van der Waals surface area contributed by atoms with E-state index in [9.17, 15) is 18.0 Å². The van der Waals surface area contributed by atoms with Crippen molar-refractivity contribution in [3.63, 3.8) is 0 Å². The number of aliphatic carboxylic acids is 1. The molecule has 0 spiro atoms. The molecule has 0 aliphatic rings. The number of hydrogen-bond acceptors (Lipinski definition) is 5. The number of benzene rings is 1. The van der Waals surface area contributed by atoms with E-state index >= 15 is 0 Å². The Morgan fingerprint density at radius 2 is 1.88 bits per heavy atom. The third-order valence-corrected chi connectivity index (χ3v) is 5.38. The van der Waals surface area contributed by atoms with Crippen LogP contribution in [-0.2, 0) is 14.8 Å². The molecule has 0 radical (unpaired) electrons. The fourth-order valence-electron chi connectivity index (χ4n) is 1.79. The van der Waals surface area contributed by atoms with Crippen LogP contribution in [0.4, 0.5) is 0 Å². The summed E-state index contributed by atoms with van der Waals surface area (Å²) in [7, 11) is -3.95. The minimum absolute atomic E-state index is 0.103. The maximum absolute atomic E-state index is 12.0. The van der Waals surface area contributed by atoms with Crippen LogP contribution in [0.1, 0.15) is 22.8 Å². The van der Waals surface area contributed by atoms with Crippen LogP contribution in [0.15, 0.2) is 52.1 Å². The van der Waals surface area contributed by atoms with Gasteiger partial charge in [0.15, 0.2) is 5.78 Å². The first kappa shape index (κ1) is 18.1. The zero-order valence-electron chi connectivity index (χ0n) is 12.7. The number of carboxylic acid groups (broad SMARTS) is 1. The Kier molecular flexibility index (Phi) is 5.66. The summed E-state index contributed by atoms with van der Waals surface area (Å²) in [5, 5.41) is 12.6. The molecule has 0 aliphatic heterocycles. The van der Waals surface area contributed by atoms with Crippen molar-refractivity contribution in [2.75, 3.05) is 0 Å². The van der Waals surface area contributed by atoms with Gasteiger partial charge in [-0.25, -0.2) is 8.42 Å². The molecule has 8 heteroatoms. The van der Waals surface area contributed by atoms with Gasteiger partial charge in [-0.3, -0.25) is 9.59 Å². The monoisotopic (exact) mass is 365 g/mol. The van der Waals surface area contributed by atoms with Crippen molar-refractivity contribution in [3.05, 3.63) is 58.3 Å². The molecule has 2 rings (SSSR count). The number of rotatable bonds is 7. The van der Waals surface area contributed by atoms with Crippen molar-refractivity contribution in [1.29, 1.82) is 0 Å². The average Bonchev–Trinajstić information content (AvgIpc) is 3.05. The fraction of sp³-hybridized carbons (Fsp3) is 0.125. The van der Waals surface area contributed by atoms with Gasteiger partial charge < -0.3 is 5.11 Å². The highest BCUT2D eigenvalue weighted by atomic mass is 32.2. The largest absolute Gasteiger partial charge is 0.480 e. The molecule has 1 aromatic carbocycles. The van der Waals surface area contributed by atoms with Gasteiger partial charge in [0.05, 0.1) is 4.90 Å². The van der Waals surface area contributed by atoms with E-state index < -0.39 is 22.0 Å². The van der Waals surface area contributed by atoms with Crippen LogP contribution in [0.3, 0.4) is 0 Å². The molecule has 1 aromatic heterocycles. The van der Waals surface area contributed by atoms with Crippen LogP contribution < -0.4 is 4.72 Å². The molecule has 1 heterocycles. The molecule has 6 nitrogen and oxygen atoms in total. The van der Waals surface area contributed by atoms with Gasteiger partial charge in [-0.1, -0.05) is 6.08 Å². The first-order valence-electron chi connectivity index (χ1n) is 6.89. The highest BCUT2D eigenvalue weighted by molar-refractivity contribution is 7.89. The summed E-state index contributed by atoms with van der Waals surface area (Å²) in [6, 6.07) is 5.94. The summed E-state index contributed by atoms with van der Waals surface area (Å²) in [4.78, 5) is 22.7. The van der Waals surface area contributed by atoms with Gasteiger partial charge in [-0.05, 0) is 59.7 Å². The standard InChI is InChI=1S/C16H15NO5S2/c1-11(16(19)20)17-24(21,22)14-5-3-13(4-6-14)15(18)7-2-12-8-9-23-10-12/h2-11,17H,1H3,(H,19,20)/b7-2+/t11-/m0/s1. The molecule has 0 bridgehead atoms. The second-order valence-electron chi connectivity index (χ2n) is 4.96. The lowest BCUT2D eigenvalue weighted by Gasteiger charge is -2.10. The average molecular weight is 365 g/mol. The molecule has 24 heavy (non-hydrogen) atoms. The zero-order chi connectivity index (χ0) is 17.7. The fourth-order valence-corrected chi connectivity index (χ4v) is 3.61. The van der Waals surface area contributed by atoms with E-state index in [2.05, 4.69) is 0 Å². The Morgan fingerprint density at radius 3 is 2.42 bits per heavy atom. The number of allylic oxidation sites excluding steroid dienone is 1. The molecule has 0 saturated heterocycles. The molecule has 2 N–H and O–H groups in total. The summed E-state index contributed by atoms with van der Waals surface area (Å²) in [5.41, 5.74) is 1.26. The number of hydrogen-bond donors (Lipinski definition) is 2. The Hall–Kier alpha value is -2.29. The molecule has 2 aromatic rings. The predicted molar refractivity (Wildman–Crippen MR) is 91.5 cm³/mol. The van der Waals surface area contributed by atoms with Gasteiger partial charge in [-0.2, -0.15) is 16.1 Å². The van der Waals surface area contributed by atoms with Crippen LogP contribution in [0, 0.1) is 0 Å². The third-order valence-electron chi connectivity index (χ3n) is 3.12. The molecular weight excluding hydrogens is 350 g/mol. The van der Waals surface area contributed by atoms with Gasteiger partial charge >= 0.3 is 5.97 Å². The molecule has 0 saturated carbocycles. The third kappa shape index (κ3) is 4.60. The summed E-state index contributed by atoms with van der Waals surface area (Å²) in [6.07, 6.45) is 3.09. The van der Waals surface area contributed by atoms with Crippen LogP contribution in [0.5, 0.6) is 0 Å². The van der Waals surface area contributed by atoms with Gasteiger partial charge in [0.25, 0.3) is 0 Å². The molecule has 0 fully saturated rings. The predicted octanol–water partition coefficient (Wildman–Crippen LogP) is 2.40. The van der Waals surface area contributed by atoms with Gasteiger partial charge in [0.2, 0.25) is 10.0 Å². The number of ketones is 1. The number of carbonyl (C=O) groups excluding carboxylic acids is 1. The SMILES string of the molecule is C[C@H](NS(=O)(=O)c1ccc(C(=O)/C=C/c2ccsc2)cc1)C(=O)O. The van der Waals surface area contributed by atoms with E-state index in [1.54, 1.807) is 6.08 Å². The minimum atomic E-state index is -3.95. The van der Waals surface area contributed by atoms with Crippen molar-refractivity contribution in [2.45, 2.75) is 17.9 Å². The number of sulfonamides is 1. The number of carbonyl (C=O) groups is 2. The van der Waals surface area contributed by atoms with E-state index in [1.807, 2.05) is 21.5 Å². The topological polar surface area (TPSA) is 101 Å². The molecule has 0 unspecified atom stereocenters. The quantitative estimate of drug-likeness (QED) is 0.580. The Bertz CT molecular complexity index is 852. The highest BCUT2D eigenvalue weighted by Gasteiger charge is 2.21. The van der Waals surface area contributed by atoms with Crippen molar-refractivity contribution in [1.82, 2.24) is 4.72 Å². The van der Waals surface area contributed by atoms with Crippen LogP contribution in [0.2, 0.25) is 0 Å². The van der Waals surface area contributed by atoms with Gasteiger partial charge in [0.1, 0.15) is 6.04 Å². The van der Waals surface area contributed by atoms with Crippen molar-refractivity contribution in [2.24, 2.45) is 0 Å².